The van der Waals surface area contributed by atoms with Gasteiger partial charge in [0.05, 0.1) is 18.0 Å². The second-order valence-electron chi connectivity index (χ2n) is 8.93. The number of fused-ring (bicyclic) bond motifs is 1. The van der Waals surface area contributed by atoms with E-state index >= 15 is 0 Å². The molecular formula is C24H31N9O. The summed E-state index contributed by atoms with van der Waals surface area (Å²) in [6.07, 6.45) is 8.62. The van der Waals surface area contributed by atoms with E-state index in [1.54, 1.807) is 6.20 Å². The predicted octanol–water partition coefficient (Wildman–Crippen LogP) is 3.21. The van der Waals surface area contributed by atoms with E-state index in [4.69, 9.17) is 14.7 Å². The van der Waals surface area contributed by atoms with Gasteiger partial charge in [-0.25, -0.2) is 9.97 Å². The maximum absolute atomic E-state index is 5.65. The highest BCUT2D eigenvalue weighted by Crippen LogP contribution is 2.25. The molecule has 0 radical (unpaired) electrons. The van der Waals surface area contributed by atoms with Crippen LogP contribution in [0.4, 0.5) is 23.3 Å². The van der Waals surface area contributed by atoms with Crippen LogP contribution in [0.25, 0.3) is 6.08 Å². The largest absolute Gasteiger partial charge is 0.475 e. The van der Waals surface area contributed by atoms with Crippen LogP contribution in [0.5, 0.6) is 5.88 Å². The molecule has 3 aromatic heterocycles. The van der Waals surface area contributed by atoms with Gasteiger partial charge in [-0.1, -0.05) is 0 Å². The van der Waals surface area contributed by atoms with E-state index in [0.717, 1.165) is 68.0 Å². The molecule has 2 N–H and O–H groups in total. The van der Waals surface area contributed by atoms with Gasteiger partial charge in [0.2, 0.25) is 11.8 Å². The summed E-state index contributed by atoms with van der Waals surface area (Å²) in [5, 5.41) is 6.81. The molecule has 0 unspecified atom stereocenters. The summed E-state index contributed by atoms with van der Waals surface area (Å²) >= 11 is 0. The first kappa shape index (κ1) is 22.1. The summed E-state index contributed by atoms with van der Waals surface area (Å²) in [4.78, 5) is 23.0. The Balaban J connectivity index is 1.39. The van der Waals surface area contributed by atoms with Crippen LogP contribution in [0, 0.1) is 0 Å². The number of piperazine rings is 1. The van der Waals surface area contributed by atoms with Crippen LogP contribution in [0.3, 0.4) is 0 Å². The fourth-order valence-corrected chi connectivity index (χ4v) is 4.03. The number of hydrogen-bond acceptors (Lipinski definition) is 9. The van der Waals surface area contributed by atoms with E-state index in [1.165, 1.54) is 0 Å². The molecule has 0 aliphatic carbocycles. The number of nitrogens with one attached hydrogen (secondary N) is 2. The Labute approximate surface area is 199 Å². The van der Waals surface area contributed by atoms with E-state index in [1.807, 2.05) is 44.4 Å². The third-order valence-corrected chi connectivity index (χ3v) is 5.85. The maximum atomic E-state index is 5.65. The molecule has 10 nitrogen and oxygen atoms in total. The van der Waals surface area contributed by atoms with Crippen molar-refractivity contribution in [2.24, 2.45) is 0 Å². The molecule has 3 aromatic rings. The third-order valence-electron chi connectivity index (χ3n) is 5.85. The van der Waals surface area contributed by atoms with Crippen molar-refractivity contribution in [3.8, 4) is 5.88 Å². The van der Waals surface area contributed by atoms with E-state index in [9.17, 15) is 0 Å². The van der Waals surface area contributed by atoms with Crippen molar-refractivity contribution in [2.45, 2.75) is 32.9 Å². The normalized spacial score (nSPS) is 16.2. The van der Waals surface area contributed by atoms with Gasteiger partial charge in [-0.15, -0.1) is 0 Å². The molecule has 1 fully saturated rings. The lowest BCUT2D eigenvalue weighted by Crippen LogP contribution is -2.44. The number of rotatable bonds is 7. The summed E-state index contributed by atoms with van der Waals surface area (Å²) in [6.45, 7) is 8.72. The highest BCUT2D eigenvalue weighted by atomic mass is 16.5. The van der Waals surface area contributed by atoms with Gasteiger partial charge in [0.15, 0.2) is 0 Å². The average Bonchev–Trinajstić information content (AvgIpc) is 3.28. The van der Waals surface area contributed by atoms with E-state index in [0.29, 0.717) is 11.8 Å². The smallest absolute Gasteiger partial charge is 0.231 e. The molecule has 34 heavy (non-hydrogen) atoms. The van der Waals surface area contributed by atoms with Crippen LogP contribution in [-0.2, 0) is 6.54 Å². The van der Waals surface area contributed by atoms with E-state index in [-0.39, 0.29) is 6.10 Å². The lowest BCUT2D eigenvalue weighted by molar-refractivity contribution is 0.232. The monoisotopic (exact) mass is 461 g/mol. The third kappa shape index (κ3) is 5.28. The van der Waals surface area contributed by atoms with Gasteiger partial charge < -0.3 is 29.7 Å². The van der Waals surface area contributed by atoms with Crippen molar-refractivity contribution < 1.29 is 4.74 Å². The topological polar surface area (TPSA) is 96.3 Å². The Morgan fingerprint density at radius 2 is 1.85 bits per heavy atom. The molecule has 1 saturated heterocycles. The Morgan fingerprint density at radius 1 is 1.00 bits per heavy atom. The zero-order chi connectivity index (χ0) is 23.5. The van der Waals surface area contributed by atoms with Crippen molar-refractivity contribution in [3.05, 3.63) is 48.3 Å². The lowest BCUT2D eigenvalue weighted by atomic mass is 10.2. The number of anilines is 4. The molecule has 0 aromatic carbocycles. The van der Waals surface area contributed by atoms with Gasteiger partial charge in [0.25, 0.3) is 0 Å². The van der Waals surface area contributed by atoms with E-state index < -0.39 is 0 Å². The molecule has 0 amide bonds. The predicted molar refractivity (Wildman–Crippen MR) is 133 cm³/mol. The van der Waals surface area contributed by atoms with Crippen molar-refractivity contribution in [2.75, 3.05) is 48.8 Å². The van der Waals surface area contributed by atoms with Gasteiger partial charge in [-0.05, 0) is 27.0 Å². The maximum Gasteiger partial charge on any atom is 0.231 e. The molecular weight excluding hydrogens is 430 g/mol. The quantitative estimate of drug-likeness (QED) is 0.550. The van der Waals surface area contributed by atoms with Crippen molar-refractivity contribution in [3.63, 3.8) is 0 Å². The van der Waals surface area contributed by atoms with Gasteiger partial charge in [-0.3, -0.25) is 0 Å². The van der Waals surface area contributed by atoms with Gasteiger partial charge in [0.1, 0.15) is 17.5 Å². The van der Waals surface area contributed by atoms with Crippen LogP contribution in [0.15, 0.2) is 42.5 Å². The zero-order valence-electron chi connectivity index (χ0n) is 19.9. The summed E-state index contributed by atoms with van der Waals surface area (Å²) < 4.78 is 7.79. The second kappa shape index (κ2) is 9.68. The van der Waals surface area contributed by atoms with E-state index in [2.05, 4.69) is 48.1 Å². The Hall–Kier alpha value is -3.66. The number of ether oxygens (including phenoxy) is 1. The first-order valence-corrected chi connectivity index (χ1v) is 11.7. The molecule has 178 valence electrons. The molecule has 10 heteroatoms. The number of aromatic nitrogens is 5. The number of aryl methyl sites for hydroxylation is 1. The molecule has 0 bridgehead atoms. The van der Waals surface area contributed by atoms with Gasteiger partial charge in [-0.2, -0.15) is 9.97 Å². The lowest BCUT2D eigenvalue weighted by Gasteiger charge is -2.33. The SMILES string of the molecule is CC(C)Oc1ccc(Nc2nc(NC3=Cc4nccn4CC3)cc(N3CCN(C)CC3)n2)cn1. The summed E-state index contributed by atoms with van der Waals surface area (Å²) in [6, 6.07) is 5.80. The summed E-state index contributed by atoms with van der Waals surface area (Å²) in [7, 11) is 2.15. The Morgan fingerprint density at radius 3 is 2.62 bits per heavy atom. The van der Waals surface area contributed by atoms with Crippen molar-refractivity contribution in [1.82, 2.24) is 29.4 Å². The van der Waals surface area contributed by atoms with Crippen LogP contribution in [0.2, 0.25) is 0 Å². The minimum Gasteiger partial charge on any atom is -0.475 e. The number of likely N-dealkylation sites (N-methyl/N-ethyl adjacent to an activating group) is 1. The number of pyridine rings is 1. The molecule has 5 heterocycles. The molecule has 0 spiro atoms. The summed E-state index contributed by atoms with van der Waals surface area (Å²) in [5.74, 6) is 3.73. The van der Waals surface area contributed by atoms with Crippen LogP contribution in [-0.4, -0.2) is 68.7 Å². The highest BCUT2D eigenvalue weighted by molar-refractivity contribution is 5.62. The second-order valence-corrected chi connectivity index (χ2v) is 8.93. The fourth-order valence-electron chi connectivity index (χ4n) is 4.03. The van der Waals surface area contributed by atoms with Crippen LogP contribution < -0.4 is 20.3 Å². The Bertz CT molecular complexity index is 1150. The Kier molecular flexibility index (Phi) is 6.31. The minimum absolute atomic E-state index is 0.0793. The highest BCUT2D eigenvalue weighted by Gasteiger charge is 2.18. The zero-order valence-corrected chi connectivity index (χ0v) is 19.9. The molecule has 2 aliphatic heterocycles. The first-order chi connectivity index (χ1) is 16.5. The number of imidazole rings is 1. The van der Waals surface area contributed by atoms with Crippen molar-refractivity contribution in [1.29, 1.82) is 0 Å². The standard InChI is InChI=1S/C24H31N9O/c1-17(2)34-23-5-4-19(16-26-23)28-24-29-20(15-22(30-24)33-12-10-31(3)11-13-33)27-18-6-8-32-9-7-25-21(32)14-18/h4-5,7,9,14-17H,6,8,10-13H2,1-3H3,(H2,27,28,29,30). The van der Waals surface area contributed by atoms with Gasteiger partial charge in [0, 0.05) is 75.4 Å². The van der Waals surface area contributed by atoms with Crippen LogP contribution >= 0.6 is 0 Å². The molecule has 0 atom stereocenters. The van der Waals surface area contributed by atoms with Crippen LogP contribution in [0.1, 0.15) is 26.1 Å². The number of allylic oxidation sites excluding steroid dienone is 1. The first-order valence-electron chi connectivity index (χ1n) is 11.7. The minimum atomic E-state index is 0.0793. The molecule has 2 aliphatic rings. The fraction of sp³-hybridized carbons (Fsp3) is 0.417. The average molecular weight is 462 g/mol. The summed E-state index contributed by atoms with van der Waals surface area (Å²) in [5.41, 5.74) is 1.89. The molecule has 0 saturated carbocycles. The number of hydrogen-bond donors (Lipinski definition) is 2. The molecule has 5 rings (SSSR count). The number of nitrogens with zero attached hydrogens (tertiary/aromatic N) is 7. The van der Waals surface area contributed by atoms with Gasteiger partial charge >= 0.3 is 0 Å². The van der Waals surface area contributed by atoms with Crippen molar-refractivity contribution >= 4 is 29.3 Å².